The standard InChI is InChI=1S/C15H31NO/c1-12(2)14-8-5-6-9-15(14)16-10-7-11-17-13(3)4/h12-16H,5-11H2,1-4H3. The zero-order valence-electron chi connectivity index (χ0n) is 12.2. The van der Waals surface area contributed by atoms with E-state index in [2.05, 4.69) is 33.0 Å². The van der Waals surface area contributed by atoms with Crippen LogP contribution >= 0.6 is 0 Å². The van der Waals surface area contributed by atoms with Crippen LogP contribution in [0.4, 0.5) is 0 Å². The van der Waals surface area contributed by atoms with E-state index in [0.717, 1.165) is 37.5 Å². The molecule has 2 atom stereocenters. The number of ether oxygens (including phenoxy) is 1. The number of nitrogens with one attached hydrogen (secondary N) is 1. The van der Waals surface area contributed by atoms with Crippen molar-refractivity contribution in [2.75, 3.05) is 13.2 Å². The third kappa shape index (κ3) is 5.87. The molecule has 0 aromatic carbocycles. The summed E-state index contributed by atoms with van der Waals surface area (Å²) in [5, 5.41) is 3.75. The molecule has 0 aromatic heterocycles. The highest BCUT2D eigenvalue weighted by Crippen LogP contribution is 2.30. The molecule has 17 heavy (non-hydrogen) atoms. The molecule has 1 aliphatic rings. The highest BCUT2D eigenvalue weighted by Gasteiger charge is 2.26. The molecule has 2 heteroatoms. The lowest BCUT2D eigenvalue weighted by atomic mass is 9.78. The monoisotopic (exact) mass is 241 g/mol. The predicted molar refractivity (Wildman–Crippen MR) is 74.3 cm³/mol. The van der Waals surface area contributed by atoms with E-state index in [4.69, 9.17) is 4.74 Å². The van der Waals surface area contributed by atoms with Crippen LogP contribution in [0.15, 0.2) is 0 Å². The van der Waals surface area contributed by atoms with E-state index in [-0.39, 0.29) is 0 Å². The highest BCUT2D eigenvalue weighted by molar-refractivity contribution is 4.82. The fourth-order valence-corrected chi connectivity index (χ4v) is 2.89. The lowest BCUT2D eigenvalue weighted by Gasteiger charge is -2.35. The van der Waals surface area contributed by atoms with Gasteiger partial charge in [-0.3, -0.25) is 0 Å². The van der Waals surface area contributed by atoms with Gasteiger partial charge in [-0.05, 0) is 51.5 Å². The van der Waals surface area contributed by atoms with Gasteiger partial charge in [0.2, 0.25) is 0 Å². The van der Waals surface area contributed by atoms with Crippen LogP contribution in [0.5, 0.6) is 0 Å². The Morgan fingerprint density at radius 1 is 1.12 bits per heavy atom. The topological polar surface area (TPSA) is 21.3 Å². The number of rotatable bonds is 7. The summed E-state index contributed by atoms with van der Waals surface area (Å²) in [5.74, 6) is 1.70. The van der Waals surface area contributed by atoms with E-state index in [0.29, 0.717) is 6.10 Å². The molecule has 1 saturated carbocycles. The first-order chi connectivity index (χ1) is 8.11. The van der Waals surface area contributed by atoms with Crippen LogP contribution in [0.25, 0.3) is 0 Å². The second-order valence-corrected chi connectivity index (χ2v) is 6.03. The summed E-state index contributed by atoms with van der Waals surface area (Å²) in [7, 11) is 0. The molecule has 0 saturated heterocycles. The minimum absolute atomic E-state index is 0.369. The highest BCUT2D eigenvalue weighted by atomic mass is 16.5. The Morgan fingerprint density at radius 2 is 1.82 bits per heavy atom. The van der Waals surface area contributed by atoms with Gasteiger partial charge in [0.05, 0.1) is 6.10 Å². The Labute approximate surface area is 108 Å². The van der Waals surface area contributed by atoms with Gasteiger partial charge in [-0.2, -0.15) is 0 Å². The molecule has 1 fully saturated rings. The fourth-order valence-electron chi connectivity index (χ4n) is 2.89. The number of hydrogen-bond donors (Lipinski definition) is 1. The smallest absolute Gasteiger partial charge is 0.0518 e. The van der Waals surface area contributed by atoms with Crippen LogP contribution in [-0.4, -0.2) is 25.3 Å². The molecule has 1 N–H and O–H groups in total. The second kappa shape index (κ2) is 8.10. The first-order valence-corrected chi connectivity index (χ1v) is 7.46. The van der Waals surface area contributed by atoms with Crippen LogP contribution in [0.1, 0.15) is 59.8 Å². The SMILES string of the molecule is CC(C)OCCCNC1CCCCC1C(C)C. The summed E-state index contributed by atoms with van der Waals surface area (Å²) in [5.41, 5.74) is 0. The van der Waals surface area contributed by atoms with E-state index < -0.39 is 0 Å². The average Bonchev–Trinajstić information content (AvgIpc) is 2.28. The minimum atomic E-state index is 0.369. The minimum Gasteiger partial charge on any atom is -0.379 e. The molecule has 1 aliphatic carbocycles. The Balaban J connectivity index is 2.15. The van der Waals surface area contributed by atoms with Crippen LogP contribution in [0.3, 0.4) is 0 Å². The quantitative estimate of drug-likeness (QED) is 0.688. The Hall–Kier alpha value is -0.0800. The van der Waals surface area contributed by atoms with E-state index in [1.807, 2.05) is 0 Å². The Morgan fingerprint density at radius 3 is 2.47 bits per heavy atom. The van der Waals surface area contributed by atoms with Gasteiger partial charge in [0.25, 0.3) is 0 Å². The molecule has 0 amide bonds. The molecule has 2 nitrogen and oxygen atoms in total. The largest absolute Gasteiger partial charge is 0.379 e. The first-order valence-electron chi connectivity index (χ1n) is 7.46. The fraction of sp³-hybridized carbons (Fsp3) is 1.00. The molecule has 0 spiro atoms. The predicted octanol–water partition coefficient (Wildman–Crippen LogP) is 3.61. The maximum absolute atomic E-state index is 5.57. The van der Waals surface area contributed by atoms with Crippen molar-refractivity contribution in [1.29, 1.82) is 0 Å². The van der Waals surface area contributed by atoms with Crippen LogP contribution in [-0.2, 0) is 4.74 Å². The summed E-state index contributed by atoms with van der Waals surface area (Å²) in [6.07, 6.45) is 7.12. The van der Waals surface area contributed by atoms with Gasteiger partial charge in [-0.1, -0.05) is 26.7 Å². The molecule has 0 heterocycles. The molecule has 1 rings (SSSR count). The molecular weight excluding hydrogens is 210 g/mol. The van der Waals surface area contributed by atoms with Gasteiger partial charge in [-0.25, -0.2) is 0 Å². The maximum Gasteiger partial charge on any atom is 0.0518 e. The summed E-state index contributed by atoms with van der Waals surface area (Å²) in [6.45, 7) is 10.9. The van der Waals surface area contributed by atoms with Crippen LogP contribution < -0.4 is 5.32 Å². The van der Waals surface area contributed by atoms with Gasteiger partial charge < -0.3 is 10.1 Å². The van der Waals surface area contributed by atoms with Crippen molar-refractivity contribution in [3.63, 3.8) is 0 Å². The van der Waals surface area contributed by atoms with E-state index in [9.17, 15) is 0 Å². The summed E-state index contributed by atoms with van der Waals surface area (Å²) < 4.78 is 5.57. The first kappa shape index (κ1) is 15.0. The molecule has 0 bridgehead atoms. The normalized spacial score (nSPS) is 25.8. The second-order valence-electron chi connectivity index (χ2n) is 6.03. The molecule has 102 valence electrons. The van der Waals surface area contributed by atoms with Crippen molar-refractivity contribution in [3.8, 4) is 0 Å². The van der Waals surface area contributed by atoms with Crippen molar-refractivity contribution in [1.82, 2.24) is 5.32 Å². The van der Waals surface area contributed by atoms with Crippen molar-refractivity contribution < 1.29 is 4.74 Å². The van der Waals surface area contributed by atoms with Crippen molar-refractivity contribution in [2.24, 2.45) is 11.8 Å². The van der Waals surface area contributed by atoms with Gasteiger partial charge in [0, 0.05) is 12.6 Å². The summed E-state index contributed by atoms with van der Waals surface area (Å²) in [6, 6.07) is 0.753. The van der Waals surface area contributed by atoms with Gasteiger partial charge >= 0.3 is 0 Å². The van der Waals surface area contributed by atoms with Crippen LogP contribution in [0.2, 0.25) is 0 Å². The van der Waals surface area contributed by atoms with E-state index in [1.54, 1.807) is 0 Å². The molecule has 2 unspecified atom stereocenters. The van der Waals surface area contributed by atoms with E-state index >= 15 is 0 Å². The summed E-state index contributed by atoms with van der Waals surface area (Å²) in [4.78, 5) is 0. The lowest BCUT2D eigenvalue weighted by molar-refractivity contribution is 0.0755. The van der Waals surface area contributed by atoms with Crippen LogP contribution in [0, 0.1) is 11.8 Å². The van der Waals surface area contributed by atoms with Gasteiger partial charge in [-0.15, -0.1) is 0 Å². The van der Waals surface area contributed by atoms with Gasteiger partial charge in [0.1, 0.15) is 0 Å². The number of hydrogen-bond acceptors (Lipinski definition) is 2. The van der Waals surface area contributed by atoms with Crippen molar-refractivity contribution in [3.05, 3.63) is 0 Å². The Bertz CT molecular complexity index is 191. The lowest BCUT2D eigenvalue weighted by Crippen LogP contribution is -2.41. The van der Waals surface area contributed by atoms with Gasteiger partial charge in [0.15, 0.2) is 0 Å². The average molecular weight is 241 g/mol. The van der Waals surface area contributed by atoms with Crippen molar-refractivity contribution in [2.45, 2.75) is 71.9 Å². The van der Waals surface area contributed by atoms with E-state index in [1.165, 1.54) is 25.7 Å². The summed E-state index contributed by atoms with van der Waals surface area (Å²) >= 11 is 0. The molecule has 0 radical (unpaired) electrons. The third-order valence-corrected chi connectivity index (χ3v) is 3.85. The molecule has 0 aliphatic heterocycles. The third-order valence-electron chi connectivity index (χ3n) is 3.85. The molecular formula is C15H31NO. The molecule has 0 aromatic rings. The zero-order valence-corrected chi connectivity index (χ0v) is 12.2. The Kier molecular flexibility index (Phi) is 7.14. The maximum atomic E-state index is 5.57. The van der Waals surface area contributed by atoms with Crippen molar-refractivity contribution >= 4 is 0 Å². The zero-order chi connectivity index (χ0) is 12.7.